The van der Waals surface area contributed by atoms with Crippen LogP contribution in [0.3, 0.4) is 0 Å². The molecular weight excluding hydrogens is 240 g/mol. The van der Waals surface area contributed by atoms with E-state index in [0.717, 1.165) is 6.08 Å². The number of phenolic OH excluding ortho intramolecular Hbond substituents is 1. The second-order valence-corrected chi connectivity index (χ2v) is 3.18. The average molecular weight is 252 g/mol. The predicted molar refractivity (Wildman–Crippen MR) is 62.4 cm³/mol. The van der Waals surface area contributed by atoms with Crippen molar-refractivity contribution in [3.8, 4) is 11.5 Å². The third-order valence-electron chi connectivity index (χ3n) is 1.86. The van der Waals surface area contributed by atoms with E-state index in [0.29, 0.717) is 5.56 Å². The number of aromatic hydroxyl groups is 1. The van der Waals surface area contributed by atoms with Crippen molar-refractivity contribution in [3.05, 3.63) is 29.8 Å². The van der Waals surface area contributed by atoms with Crippen molar-refractivity contribution < 1.29 is 29.3 Å². The van der Waals surface area contributed by atoms with Gasteiger partial charge in [0.1, 0.15) is 0 Å². The van der Waals surface area contributed by atoms with Crippen LogP contribution in [0.5, 0.6) is 11.5 Å². The fourth-order valence-corrected chi connectivity index (χ4v) is 1.13. The zero-order chi connectivity index (χ0) is 13.5. The summed E-state index contributed by atoms with van der Waals surface area (Å²) in [5.41, 5.74) is 0.464. The molecule has 6 heteroatoms. The Morgan fingerprint density at radius 3 is 2.67 bits per heavy atom. The minimum atomic E-state index is -1.10. The Kier molecular flexibility index (Phi) is 4.74. The van der Waals surface area contributed by atoms with Crippen LogP contribution in [-0.4, -0.2) is 28.9 Å². The summed E-state index contributed by atoms with van der Waals surface area (Å²) >= 11 is 0. The topological polar surface area (TPSA) is 93.1 Å². The minimum absolute atomic E-state index is 0.0547. The molecule has 0 amide bonds. The van der Waals surface area contributed by atoms with E-state index in [1.54, 1.807) is 6.92 Å². The van der Waals surface area contributed by atoms with Crippen LogP contribution >= 0.6 is 0 Å². The van der Waals surface area contributed by atoms with E-state index < -0.39 is 12.1 Å². The van der Waals surface area contributed by atoms with Gasteiger partial charge in [0.05, 0.1) is 6.61 Å². The molecule has 0 aliphatic carbocycles. The third kappa shape index (κ3) is 4.17. The molecule has 1 aromatic carbocycles. The quantitative estimate of drug-likeness (QED) is 0.483. The summed E-state index contributed by atoms with van der Waals surface area (Å²) < 4.78 is 9.26. The Morgan fingerprint density at radius 1 is 1.39 bits per heavy atom. The van der Waals surface area contributed by atoms with Crippen molar-refractivity contribution in [1.29, 1.82) is 0 Å². The van der Waals surface area contributed by atoms with Gasteiger partial charge in [-0.3, -0.25) is 0 Å². The van der Waals surface area contributed by atoms with Gasteiger partial charge in [-0.15, -0.1) is 0 Å². The molecule has 0 bridgehead atoms. The number of carbonyl (C=O) groups excluding carboxylic acids is 1. The molecule has 0 aliphatic rings. The molecule has 0 fully saturated rings. The summed E-state index contributed by atoms with van der Waals surface area (Å²) in [6.07, 6.45) is 1.32. The highest BCUT2D eigenvalue weighted by Crippen LogP contribution is 2.27. The van der Waals surface area contributed by atoms with Crippen molar-refractivity contribution in [1.82, 2.24) is 0 Å². The number of ether oxygens (including phenoxy) is 2. The smallest absolute Gasteiger partial charge is 0.504 e. The van der Waals surface area contributed by atoms with E-state index in [-0.39, 0.29) is 18.1 Å². The maximum atomic E-state index is 11.0. The van der Waals surface area contributed by atoms with Crippen molar-refractivity contribution in [2.24, 2.45) is 0 Å². The summed E-state index contributed by atoms with van der Waals surface area (Å²) in [5, 5.41) is 18.0. The Morgan fingerprint density at radius 2 is 2.11 bits per heavy atom. The lowest BCUT2D eigenvalue weighted by Gasteiger charge is -2.06. The van der Waals surface area contributed by atoms with Gasteiger partial charge >= 0.3 is 12.1 Å². The molecule has 0 atom stereocenters. The summed E-state index contributed by atoms with van der Waals surface area (Å²) in [7, 11) is 0. The molecule has 0 aliphatic heterocycles. The Balaban J connectivity index is 2.79. The SMILES string of the molecule is CCOC(=O)Oc1ccc(/C=C/C(=O)O)cc1O. The number of aliphatic carboxylic acids is 1. The molecule has 0 unspecified atom stereocenters. The molecule has 96 valence electrons. The van der Waals surface area contributed by atoms with Crippen LogP contribution in [0.2, 0.25) is 0 Å². The number of carbonyl (C=O) groups is 2. The van der Waals surface area contributed by atoms with Crippen LogP contribution in [0.4, 0.5) is 4.79 Å². The Bertz CT molecular complexity index is 477. The monoisotopic (exact) mass is 252 g/mol. The number of carboxylic acids is 1. The molecule has 0 saturated heterocycles. The molecule has 0 radical (unpaired) electrons. The van der Waals surface area contributed by atoms with Gasteiger partial charge in [0.2, 0.25) is 0 Å². The lowest BCUT2D eigenvalue weighted by Crippen LogP contribution is -2.10. The fraction of sp³-hybridized carbons (Fsp3) is 0.167. The normalized spacial score (nSPS) is 10.3. The van der Waals surface area contributed by atoms with Crippen LogP contribution in [0.15, 0.2) is 24.3 Å². The summed E-state index contributed by atoms with van der Waals surface area (Å²) in [6.45, 7) is 1.79. The molecule has 1 rings (SSSR count). The van der Waals surface area contributed by atoms with E-state index in [1.807, 2.05) is 0 Å². The van der Waals surface area contributed by atoms with Crippen molar-refractivity contribution >= 4 is 18.2 Å². The zero-order valence-electron chi connectivity index (χ0n) is 9.62. The molecule has 6 nitrogen and oxygen atoms in total. The van der Waals surface area contributed by atoms with Crippen molar-refractivity contribution in [3.63, 3.8) is 0 Å². The van der Waals surface area contributed by atoms with Gasteiger partial charge < -0.3 is 19.7 Å². The minimum Gasteiger partial charge on any atom is -0.504 e. The van der Waals surface area contributed by atoms with E-state index in [2.05, 4.69) is 4.74 Å². The molecule has 18 heavy (non-hydrogen) atoms. The first kappa shape index (κ1) is 13.6. The van der Waals surface area contributed by atoms with Crippen LogP contribution in [0.25, 0.3) is 6.08 Å². The van der Waals surface area contributed by atoms with Crippen LogP contribution in [0.1, 0.15) is 12.5 Å². The lowest BCUT2D eigenvalue weighted by molar-refractivity contribution is -0.131. The maximum absolute atomic E-state index is 11.0. The number of phenols is 1. The first-order chi connectivity index (χ1) is 8.52. The second kappa shape index (κ2) is 6.29. The molecule has 0 heterocycles. The van der Waals surface area contributed by atoms with Crippen molar-refractivity contribution in [2.75, 3.05) is 6.61 Å². The summed E-state index contributed by atoms with van der Waals surface area (Å²) in [6, 6.07) is 4.11. The number of hydrogen-bond donors (Lipinski definition) is 2. The highest BCUT2D eigenvalue weighted by molar-refractivity contribution is 5.85. The number of hydrogen-bond acceptors (Lipinski definition) is 5. The maximum Gasteiger partial charge on any atom is 0.513 e. The third-order valence-corrected chi connectivity index (χ3v) is 1.86. The standard InChI is InChI=1S/C12H12O6/c1-2-17-12(16)18-10-5-3-8(7-9(10)13)4-6-11(14)15/h3-7,13H,2H2,1H3,(H,14,15)/b6-4+. The van der Waals surface area contributed by atoms with Gasteiger partial charge in [0.25, 0.3) is 0 Å². The molecule has 0 saturated carbocycles. The first-order valence-electron chi connectivity index (χ1n) is 5.11. The Labute approximate surface area is 103 Å². The molecule has 0 spiro atoms. The van der Waals surface area contributed by atoms with Gasteiger partial charge in [-0.05, 0) is 30.7 Å². The number of benzene rings is 1. The van der Waals surface area contributed by atoms with Crippen LogP contribution < -0.4 is 4.74 Å². The van der Waals surface area contributed by atoms with Gasteiger partial charge in [0.15, 0.2) is 11.5 Å². The molecule has 1 aromatic rings. The van der Waals surface area contributed by atoms with Crippen LogP contribution in [-0.2, 0) is 9.53 Å². The van der Waals surface area contributed by atoms with Crippen molar-refractivity contribution in [2.45, 2.75) is 6.92 Å². The zero-order valence-corrected chi connectivity index (χ0v) is 9.62. The lowest BCUT2D eigenvalue weighted by atomic mass is 10.2. The molecule has 0 aromatic heterocycles. The summed E-state index contributed by atoms with van der Waals surface area (Å²) in [4.78, 5) is 21.3. The predicted octanol–water partition coefficient (Wildman–Crippen LogP) is 2.03. The largest absolute Gasteiger partial charge is 0.513 e. The summed E-state index contributed by atoms with van der Waals surface area (Å²) in [5.74, 6) is -1.43. The number of carboxylic acid groups (broad SMARTS) is 1. The second-order valence-electron chi connectivity index (χ2n) is 3.18. The van der Waals surface area contributed by atoms with Gasteiger partial charge in [-0.25, -0.2) is 9.59 Å². The average Bonchev–Trinajstić information content (AvgIpc) is 2.30. The highest BCUT2D eigenvalue weighted by atomic mass is 16.7. The van der Waals surface area contributed by atoms with Gasteiger partial charge in [-0.2, -0.15) is 0 Å². The Hall–Kier alpha value is -2.50. The van der Waals surface area contributed by atoms with Crippen LogP contribution in [0, 0.1) is 0 Å². The fourth-order valence-electron chi connectivity index (χ4n) is 1.13. The van der Waals surface area contributed by atoms with E-state index in [9.17, 15) is 14.7 Å². The molecule has 2 N–H and O–H groups in total. The van der Waals surface area contributed by atoms with Gasteiger partial charge in [0, 0.05) is 6.08 Å². The first-order valence-corrected chi connectivity index (χ1v) is 5.11. The van der Waals surface area contributed by atoms with E-state index >= 15 is 0 Å². The molecular formula is C12H12O6. The number of rotatable bonds is 4. The highest BCUT2D eigenvalue weighted by Gasteiger charge is 2.09. The van der Waals surface area contributed by atoms with E-state index in [1.165, 1.54) is 24.3 Å². The van der Waals surface area contributed by atoms with E-state index in [4.69, 9.17) is 9.84 Å². The van der Waals surface area contributed by atoms with Gasteiger partial charge in [-0.1, -0.05) is 6.07 Å².